The lowest BCUT2D eigenvalue weighted by Gasteiger charge is -2.23. The van der Waals surface area contributed by atoms with Crippen molar-refractivity contribution >= 4 is 43.9 Å². The van der Waals surface area contributed by atoms with Crippen molar-refractivity contribution in [3.8, 4) is 0 Å². The lowest BCUT2D eigenvalue weighted by molar-refractivity contribution is 0.503. The SMILES string of the molecule is Cl.Cn1c2c(c3cc(S(=O)(=O)c4cncc5ccccc45)ccc31)C1CCC(C2)N1. The number of hydrogen-bond donors (Lipinski definition) is 1. The van der Waals surface area contributed by atoms with Crippen LogP contribution in [0.25, 0.3) is 21.7 Å². The number of aryl methyl sites for hydroxylation is 1. The first-order valence-corrected chi connectivity index (χ1v) is 11.5. The third kappa shape index (κ3) is 2.64. The van der Waals surface area contributed by atoms with Crippen LogP contribution in [0.4, 0.5) is 0 Å². The van der Waals surface area contributed by atoms with Crippen molar-refractivity contribution in [1.29, 1.82) is 0 Å². The molecular formula is C23H22ClN3O2S. The van der Waals surface area contributed by atoms with Gasteiger partial charge in [0.15, 0.2) is 0 Å². The van der Waals surface area contributed by atoms with Gasteiger partial charge in [-0.05, 0) is 36.6 Å². The van der Waals surface area contributed by atoms with E-state index in [1.54, 1.807) is 12.3 Å². The molecule has 4 heterocycles. The molecule has 2 atom stereocenters. The lowest BCUT2D eigenvalue weighted by atomic mass is 9.99. The molecule has 0 aliphatic carbocycles. The van der Waals surface area contributed by atoms with E-state index >= 15 is 0 Å². The monoisotopic (exact) mass is 439 g/mol. The zero-order chi connectivity index (χ0) is 19.8. The molecule has 0 amide bonds. The number of pyridine rings is 1. The number of halogens is 1. The van der Waals surface area contributed by atoms with Gasteiger partial charge in [0, 0.05) is 65.3 Å². The molecule has 154 valence electrons. The second kappa shape index (κ2) is 6.80. The van der Waals surface area contributed by atoms with Gasteiger partial charge in [-0.3, -0.25) is 4.98 Å². The average Bonchev–Trinajstić information content (AvgIpc) is 3.26. The summed E-state index contributed by atoms with van der Waals surface area (Å²) >= 11 is 0. The maximum Gasteiger partial charge on any atom is 0.208 e. The molecule has 4 aromatic rings. The first kappa shape index (κ1) is 19.5. The van der Waals surface area contributed by atoms with Gasteiger partial charge >= 0.3 is 0 Å². The predicted octanol–water partition coefficient (Wildman–Crippen LogP) is 4.33. The summed E-state index contributed by atoms with van der Waals surface area (Å²) in [6, 6.07) is 13.9. The fraction of sp³-hybridized carbons (Fsp3) is 0.261. The van der Waals surface area contributed by atoms with Gasteiger partial charge in [-0.25, -0.2) is 8.42 Å². The zero-order valence-electron chi connectivity index (χ0n) is 16.5. The third-order valence-corrected chi connectivity index (χ3v) is 8.37. The van der Waals surface area contributed by atoms with Crippen LogP contribution in [0, 0.1) is 0 Å². The van der Waals surface area contributed by atoms with E-state index in [0.29, 0.717) is 22.4 Å². The standard InChI is InChI=1S/C23H21N3O2S.ClH/c1-26-20-9-7-16(11-18(20)23-19-8-6-15(25-19)10-21(23)26)29(27,28)22-13-24-12-14-4-2-3-5-17(14)22;/h2-5,7,9,11-13,15,19,25H,6,8,10H2,1H3;1H. The Labute approximate surface area is 181 Å². The van der Waals surface area contributed by atoms with Gasteiger partial charge in [0.25, 0.3) is 0 Å². The Hall–Kier alpha value is -2.41. The second-order valence-electron chi connectivity index (χ2n) is 8.16. The summed E-state index contributed by atoms with van der Waals surface area (Å²) < 4.78 is 29.4. The first-order chi connectivity index (χ1) is 14.0. The van der Waals surface area contributed by atoms with Crippen LogP contribution in [0.1, 0.15) is 30.1 Å². The zero-order valence-corrected chi connectivity index (χ0v) is 18.1. The van der Waals surface area contributed by atoms with E-state index < -0.39 is 9.84 Å². The minimum atomic E-state index is -3.68. The van der Waals surface area contributed by atoms with E-state index in [9.17, 15) is 8.42 Å². The van der Waals surface area contributed by atoms with E-state index in [-0.39, 0.29) is 17.3 Å². The molecule has 0 saturated carbocycles. The van der Waals surface area contributed by atoms with Crippen LogP contribution in [-0.4, -0.2) is 24.0 Å². The Bertz CT molecular complexity index is 1410. The molecule has 2 bridgehead atoms. The van der Waals surface area contributed by atoms with Gasteiger partial charge in [-0.15, -0.1) is 12.4 Å². The molecule has 2 aliphatic heterocycles. The molecule has 2 unspecified atom stereocenters. The van der Waals surface area contributed by atoms with Crippen molar-refractivity contribution in [2.75, 3.05) is 0 Å². The summed E-state index contributed by atoms with van der Waals surface area (Å²) in [4.78, 5) is 4.77. The highest BCUT2D eigenvalue weighted by molar-refractivity contribution is 7.91. The lowest BCUT2D eigenvalue weighted by Crippen LogP contribution is -2.32. The maximum atomic E-state index is 13.6. The molecule has 2 aromatic carbocycles. The van der Waals surface area contributed by atoms with Crippen molar-refractivity contribution in [3.63, 3.8) is 0 Å². The highest BCUT2D eigenvalue weighted by Gasteiger charge is 2.36. The Balaban J connectivity index is 0.00000193. The topological polar surface area (TPSA) is 64.0 Å². The molecule has 5 nitrogen and oxygen atoms in total. The third-order valence-electron chi connectivity index (χ3n) is 6.60. The molecule has 0 spiro atoms. The summed E-state index contributed by atoms with van der Waals surface area (Å²) in [5, 5.41) is 6.28. The molecule has 7 heteroatoms. The van der Waals surface area contributed by atoms with Crippen LogP contribution in [0.15, 0.2) is 64.6 Å². The van der Waals surface area contributed by atoms with Crippen LogP contribution >= 0.6 is 12.4 Å². The van der Waals surface area contributed by atoms with E-state index in [0.717, 1.165) is 29.1 Å². The smallest absolute Gasteiger partial charge is 0.208 e. The van der Waals surface area contributed by atoms with Gasteiger partial charge in [-0.1, -0.05) is 24.3 Å². The predicted molar refractivity (Wildman–Crippen MR) is 120 cm³/mol. The summed E-state index contributed by atoms with van der Waals surface area (Å²) in [5.74, 6) is 0. The van der Waals surface area contributed by atoms with Crippen molar-refractivity contribution in [2.45, 2.75) is 41.1 Å². The molecule has 6 rings (SSSR count). The van der Waals surface area contributed by atoms with E-state index in [1.807, 2.05) is 36.4 Å². The number of sulfone groups is 1. The van der Waals surface area contributed by atoms with Gasteiger partial charge in [0.05, 0.1) is 9.79 Å². The van der Waals surface area contributed by atoms with Crippen molar-refractivity contribution < 1.29 is 8.42 Å². The number of rotatable bonds is 2. The first-order valence-electron chi connectivity index (χ1n) is 9.99. The minimum Gasteiger partial charge on any atom is -0.347 e. The van der Waals surface area contributed by atoms with Gasteiger partial charge in [0.1, 0.15) is 0 Å². The molecule has 30 heavy (non-hydrogen) atoms. The molecule has 2 aromatic heterocycles. The van der Waals surface area contributed by atoms with Gasteiger partial charge < -0.3 is 9.88 Å². The number of hydrogen-bond acceptors (Lipinski definition) is 4. The molecule has 1 saturated heterocycles. The van der Waals surface area contributed by atoms with Gasteiger partial charge in [-0.2, -0.15) is 0 Å². The molecule has 1 fully saturated rings. The summed E-state index contributed by atoms with van der Waals surface area (Å²) in [5.41, 5.74) is 3.72. The van der Waals surface area contributed by atoms with E-state index in [1.165, 1.54) is 23.9 Å². The van der Waals surface area contributed by atoms with Crippen molar-refractivity contribution in [2.24, 2.45) is 7.05 Å². The quantitative estimate of drug-likeness (QED) is 0.505. The van der Waals surface area contributed by atoms with Crippen LogP contribution < -0.4 is 5.32 Å². The van der Waals surface area contributed by atoms with Crippen LogP contribution in [-0.2, 0) is 23.3 Å². The Kier molecular flexibility index (Phi) is 4.43. The Morgan fingerprint density at radius 1 is 1.07 bits per heavy atom. The number of nitrogens with one attached hydrogen (secondary N) is 1. The summed E-state index contributed by atoms with van der Waals surface area (Å²) in [6.45, 7) is 0. The molecule has 0 radical (unpaired) electrons. The van der Waals surface area contributed by atoms with E-state index in [2.05, 4.69) is 21.9 Å². The maximum absolute atomic E-state index is 13.6. The number of benzene rings is 2. The Morgan fingerprint density at radius 3 is 2.77 bits per heavy atom. The highest BCUT2D eigenvalue weighted by Crippen LogP contribution is 2.42. The van der Waals surface area contributed by atoms with Crippen molar-refractivity contribution in [1.82, 2.24) is 14.9 Å². The highest BCUT2D eigenvalue weighted by atomic mass is 35.5. The van der Waals surface area contributed by atoms with Crippen molar-refractivity contribution in [3.05, 3.63) is 66.1 Å². The molecule has 1 N–H and O–H groups in total. The summed E-state index contributed by atoms with van der Waals surface area (Å²) in [7, 11) is -1.59. The second-order valence-corrected chi connectivity index (χ2v) is 10.1. The van der Waals surface area contributed by atoms with Crippen LogP contribution in [0.2, 0.25) is 0 Å². The largest absolute Gasteiger partial charge is 0.347 e. The Morgan fingerprint density at radius 2 is 1.90 bits per heavy atom. The van der Waals surface area contributed by atoms with Crippen LogP contribution in [0.3, 0.4) is 0 Å². The van der Waals surface area contributed by atoms with Crippen LogP contribution in [0.5, 0.6) is 0 Å². The number of aromatic nitrogens is 2. The van der Waals surface area contributed by atoms with E-state index in [4.69, 9.17) is 0 Å². The average molecular weight is 440 g/mol. The number of nitrogens with zero attached hydrogens (tertiary/aromatic N) is 2. The molecule has 2 aliphatic rings. The van der Waals surface area contributed by atoms with Gasteiger partial charge in [0.2, 0.25) is 9.84 Å². The minimum absolute atomic E-state index is 0. The normalized spacial score (nSPS) is 20.3. The molecular weight excluding hydrogens is 418 g/mol. The fourth-order valence-corrected chi connectivity index (χ4v) is 6.63. The fourth-order valence-electron chi connectivity index (χ4n) is 5.18. The number of fused-ring (bicyclic) bond motifs is 7. The summed E-state index contributed by atoms with van der Waals surface area (Å²) in [6.07, 6.45) is 6.46.